The Morgan fingerprint density at radius 1 is 0.233 bits per heavy atom. The molecular formula is C58H39NO. The van der Waals surface area contributed by atoms with E-state index in [1.54, 1.807) is 0 Å². The van der Waals surface area contributed by atoms with Crippen molar-refractivity contribution in [2.75, 3.05) is 4.90 Å². The van der Waals surface area contributed by atoms with Crippen molar-refractivity contribution in [3.63, 3.8) is 0 Å². The zero-order valence-electron chi connectivity index (χ0n) is 32.9. The van der Waals surface area contributed by atoms with Crippen LogP contribution in [0, 0.1) is 0 Å². The van der Waals surface area contributed by atoms with E-state index in [0.717, 1.165) is 61.8 Å². The summed E-state index contributed by atoms with van der Waals surface area (Å²) in [5.41, 5.74) is 17.1. The second-order valence-electron chi connectivity index (χ2n) is 15.3. The van der Waals surface area contributed by atoms with Crippen molar-refractivity contribution < 1.29 is 4.74 Å². The maximum absolute atomic E-state index is 6.95. The molecule has 60 heavy (non-hydrogen) atoms. The first-order chi connectivity index (χ1) is 29.7. The SMILES string of the molecule is c1ccc(-c2ccc(N(c3ccc(-c4ccccc4)cc3)c3ccc(-c4ccc5c(c4)Oc4cc6ccccc6cc4-c4cc(-c6ccccc6)ccc4-5)cc3)cc2)cc1. The standard InChI is InChI=1S/C58H39NO/c1-4-12-40(13-5-1)43-20-28-50(29-21-43)59(51-30-22-44(23-31-51)41-14-6-2-7-15-41)52-32-24-45(25-33-52)49-27-35-54-53-34-26-48(42-16-8-3-9-17-42)36-55(53)56-37-46-18-10-11-19-47(46)38-58(56)60-57(54)39-49/h1-39H. The molecule has 2 nitrogen and oxygen atoms in total. The van der Waals surface area contributed by atoms with Crippen molar-refractivity contribution in [2.45, 2.75) is 0 Å². The Kier molecular flexibility index (Phi) is 8.87. The van der Waals surface area contributed by atoms with Crippen LogP contribution in [0.25, 0.3) is 77.5 Å². The van der Waals surface area contributed by atoms with Gasteiger partial charge in [0.15, 0.2) is 0 Å². The van der Waals surface area contributed by atoms with E-state index < -0.39 is 0 Å². The van der Waals surface area contributed by atoms with Gasteiger partial charge in [0.2, 0.25) is 0 Å². The van der Waals surface area contributed by atoms with Crippen LogP contribution in [0.5, 0.6) is 11.5 Å². The molecule has 0 bridgehead atoms. The van der Waals surface area contributed by atoms with Crippen LogP contribution in [0.15, 0.2) is 237 Å². The van der Waals surface area contributed by atoms with E-state index in [9.17, 15) is 0 Å². The van der Waals surface area contributed by atoms with Crippen molar-refractivity contribution in [1.29, 1.82) is 0 Å². The van der Waals surface area contributed by atoms with Gasteiger partial charge in [-0.1, -0.05) is 170 Å². The third kappa shape index (κ3) is 6.61. The number of rotatable bonds is 7. The molecule has 10 aromatic rings. The van der Waals surface area contributed by atoms with E-state index in [1.165, 1.54) is 44.3 Å². The molecule has 0 aromatic heterocycles. The van der Waals surface area contributed by atoms with Crippen LogP contribution in [0.1, 0.15) is 0 Å². The fourth-order valence-electron chi connectivity index (χ4n) is 8.57. The lowest BCUT2D eigenvalue weighted by molar-refractivity contribution is 0.488. The number of benzene rings is 10. The number of fused-ring (bicyclic) bond motifs is 6. The first-order valence-corrected chi connectivity index (χ1v) is 20.5. The molecule has 0 spiro atoms. The van der Waals surface area contributed by atoms with Crippen molar-refractivity contribution in [1.82, 2.24) is 0 Å². The molecule has 1 heterocycles. The largest absolute Gasteiger partial charge is 0.456 e. The maximum Gasteiger partial charge on any atom is 0.135 e. The summed E-state index contributed by atoms with van der Waals surface area (Å²) in [4.78, 5) is 2.33. The van der Waals surface area contributed by atoms with Crippen LogP contribution in [0.2, 0.25) is 0 Å². The van der Waals surface area contributed by atoms with E-state index in [4.69, 9.17) is 4.74 Å². The molecule has 1 aliphatic rings. The molecule has 10 aromatic carbocycles. The molecular weight excluding hydrogens is 727 g/mol. The highest BCUT2D eigenvalue weighted by atomic mass is 16.5. The highest BCUT2D eigenvalue weighted by Gasteiger charge is 2.23. The lowest BCUT2D eigenvalue weighted by Gasteiger charge is -2.26. The Hall–Kier alpha value is -7.94. The van der Waals surface area contributed by atoms with Crippen LogP contribution < -0.4 is 9.64 Å². The summed E-state index contributed by atoms with van der Waals surface area (Å²) < 4.78 is 6.95. The minimum absolute atomic E-state index is 0.845. The van der Waals surface area contributed by atoms with E-state index in [2.05, 4.69) is 241 Å². The number of hydrogen-bond donors (Lipinski definition) is 0. The fraction of sp³-hybridized carbons (Fsp3) is 0. The first-order valence-electron chi connectivity index (χ1n) is 20.5. The zero-order valence-corrected chi connectivity index (χ0v) is 32.9. The molecule has 0 unspecified atom stereocenters. The number of nitrogens with zero attached hydrogens (tertiary/aromatic N) is 1. The Labute approximate surface area is 350 Å². The average Bonchev–Trinajstić information content (AvgIpc) is 3.45. The third-order valence-corrected chi connectivity index (χ3v) is 11.7. The number of hydrogen-bond acceptors (Lipinski definition) is 2. The third-order valence-electron chi connectivity index (χ3n) is 11.7. The van der Waals surface area contributed by atoms with Crippen LogP contribution in [0.3, 0.4) is 0 Å². The minimum Gasteiger partial charge on any atom is -0.456 e. The lowest BCUT2D eigenvalue weighted by Crippen LogP contribution is -2.09. The molecule has 282 valence electrons. The molecule has 0 amide bonds. The van der Waals surface area contributed by atoms with Gasteiger partial charge in [-0.05, 0) is 133 Å². The van der Waals surface area contributed by atoms with Crippen LogP contribution >= 0.6 is 0 Å². The van der Waals surface area contributed by atoms with Gasteiger partial charge < -0.3 is 9.64 Å². The van der Waals surface area contributed by atoms with Gasteiger partial charge >= 0.3 is 0 Å². The second kappa shape index (κ2) is 15.1. The number of ether oxygens (including phenoxy) is 1. The highest BCUT2D eigenvalue weighted by molar-refractivity contribution is 5.98. The summed E-state index contributed by atoms with van der Waals surface area (Å²) in [6, 6.07) is 84.7. The lowest BCUT2D eigenvalue weighted by atomic mass is 9.89. The molecule has 0 saturated heterocycles. The van der Waals surface area contributed by atoms with E-state index >= 15 is 0 Å². The second-order valence-corrected chi connectivity index (χ2v) is 15.3. The Morgan fingerprint density at radius 2 is 0.600 bits per heavy atom. The van der Waals surface area contributed by atoms with Gasteiger partial charge in [0, 0.05) is 28.2 Å². The highest BCUT2D eigenvalue weighted by Crippen LogP contribution is 2.50. The Balaban J connectivity index is 0.974. The van der Waals surface area contributed by atoms with Crippen molar-refractivity contribution in [3.05, 3.63) is 237 Å². The van der Waals surface area contributed by atoms with E-state index in [-0.39, 0.29) is 0 Å². The van der Waals surface area contributed by atoms with Crippen LogP contribution in [-0.2, 0) is 0 Å². The quantitative estimate of drug-likeness (QED) is 0.160. The summed E-state index contributed by atoms with van der Waals surface area (Å²) in [5, 5.41) is 2.34. The van der Waals surface area contributed by atoms with Crippen LogP contribution in [0.4, 0.5) is 17.1 Å². The van der Waals surface area contributed by atoms with Gasteiger partial charge in [-0.3, -0.25) is 0 Å². The van der Waals surface area contributed by atoms with Gasteiger partial charge in [0.1, 0.15) is 11.5 Å². The molecule has 0 radical (unpaired) electrons. The monoisotopic (exact) mass is 765 g/mol. The average molecular weight is 766 g/mol. The van der Waals surface area contributed by atoms with Crippen LogP contribution in [-0.4, -0.2) is 0 Å². The maximum atomic E-state index is 6.95. The minimum atomic E-state index is 0.845. The molecule has 0 aliphatic carbocycles. The molecule has 0 atom stereocenters. The van der Waals surface area contributed by atoms with Crippen molar-refractivity contribution >= 4 is 27.8 Å². The van der Waals surface area contributed by atoms with Gasteiger partial charge in [0.25, 0.3) is 0 Å². The molecule has 0 N–H and O–H groups in total. The predicted molar refractivity (Wildman–Crippen MR) is 251 cm³/mol. The molecule has 2 heteroatoms. The predicted octanol–water partition coefficient (Wildman–Crippen LogP) is 16.4. The van der Waals surface area contributed by atoms with E-state index in [0.29, 0.717) is 0 Å². The molecule has 1 aliphatic heterocycles. The first kappa shape index (κ1) is 35.2. The van der Waals surface area contributed by atoms with Gasteiger partial charge in [-0.2, -0.15) is 0 Å². The summed E-state index contributed by atoms with van der Waals surface area (Å²) in [5.74, 6) is 1.71. The van der Waals surface area contributed by atoms with Crippen molar-refractivity contribution in [3.8, 4) is 78.3 Å². The summed E-state index contributed by atoms with van der Waals surface area (Å²) >= 11 is 0. The Morgan fingerprint density at radius 3 is 1.12 bits per heavy atom. The van der Waals surface area contributed by atoms with Crippen molar-refractivity contribution in [2.24, 2.45) is 0 Å². The molecule has 0 fully saturated rings. The summed E-state index contributed by atoms with van der Waals surface area (Å²) in [6.45, 7) is 0. The van der Waals surface area contributed by atoms with Gasteiger partial charge in [0.05, 0.1) is 0 Å². The zero-order chi connectivity index (χ0) is 39.8. The van der Waals surface area contributed by atoms with Gasteiger partial charge in [-0.25, -0.2) is 0 Å². The Bertz CT molecular complexity index is 3040. The topological polar surface area (TPSA) is 12.5 Å². The normalized spacial score (nSPS) is 11.5. The van der Waals surface area contributed by atoms with Gasteiger partial charge in [-0.15, -0.1) is 0 Å². The van der Waals surface area contributed by atoms with E-state index in [1.807, 2.05) is 0 Å². The summed E-state index contributed by atoms with van der Waals surface area (Å²) in [7, 11) is 0. The molecule has 11 rings (SSSR count). The summed E-state index contributed by atoms with van der Waals surface area (Å²) in [6.07, 6.45) is 0. The molecule has 0 saturated carbocycles. The smallest absolute Gasteiger partial charge is 0.135 e. The number of anilines is 3. The fourth-order valence-corrected chi connectivity index (χ4v) is 8.57.